The lowest BCUT2D eigenvalue weighted by Crippen LogP contribution is -2.36. The Hall–Kier alpha value is -3.27. The average Bonchev–Trinajstić information content (AvgIpc) is 2.65. The number of carbonyl (C=O) groups excluding carboxylic acids is 3. The summed E-state index contributed by atoms with van der Waals surface area (Å²) in [5.74, 6) is -3.26. The number of hydrogen-bond donors (Lipinski definition) is 0. The molecule has 1 aromatic carbocycles. The van der Waals surface area contributed by atoms with E-state index in [2.05, 4.69) is 4.99 Å². The third-order valence-corrected chi connectivity index (χ3v) is 4.06. The molecule has 2 rings (SSSR count). The van der Waals surface area contributed by atoms with E-state index in [-0.39, 0.29) is 16.8 Å². The predicted octanol–water partition coefficient (Wildman–Crippen LogP) is 1.53. The molecule has 1 aliphatic rings. The quantitative estimate of drug-likeness (QED) is 0.608. The Balaban J connectivity index is 2.82. The van der Waals surface area contributed by atoms with Crippen molar-refractivity contribution in [3.63, 3.8) is 0 Å². The predicted molar refractivity (Wildman–Crippen MR) is 87.6 cm³/mol. The van der Waals surface area contributed by atoms with Gasteiger partial charge in [-0.05, 0) is 18.6 Å². The Kier molecular flexibility index (Phi) is 5.45. The molecule has 7 nitrogen and oxygen atoms in total. The van der Waals surface area contributed by atoms with E-state index in [4.69, 9.17) is 9.47 Å². The van der Waals surface area contributed by atoms with Gasteiger partial charge in [0.2, 0.25) is 0 Å². The third-order valence-electron chi connectivity index (χ3n) is 4.06. The van der Waals surface area contributed by atoms with Crippen LogP contribution in [0, 0.1) is 17.2 Å². The molecule has 0 saturated heterocycles. The smallest absolute Gasteiger partial charge is 0.336 e. The summed E-state index contributed by atoms with van der Waals surface area (Å²) >= 11 is 0. The van der Waals surface area contributed by atoms with Gasteiger partial charge in [-0.1, -0.05) is 18.2 Å². The molecule has 0 N–H and O–H groups in total. The van der Waals surface area contributed by atoms with Crippen molar-refractivity contribution in [2.75, 3.05) is 14.2 Å². The van der Waals surface area contributed by atoms with Crippen LogP contribution in [0.15, 0.2) is 40.5 Å². The molecule has 0 amide bonds. The molecule has 2 unspecified atom stereocenters. The molecule has 1 heterocycles. The number of hydrogen-bond acceptors (Lipinski definition) is 7. The summed E-state index contributed by atoms with van der Waals surface area (Å²) < 4.78 is 9.63. The summed E-state index contributed by atoms with van der Waals surface area (Å²) in [5, 5.41) is 9.40. The lowest BCUT2D eigenvalue weighted by Gasteiger charge is -2.31. The molecule has 0 bridgehead atoms. The largest absolute Gasteiger partial charge is 0.468 e. The highest BCUT2D eigenvalue weighted by Crippen LogP contribution is 2.40. The highest BCUT2D eigenvalue weighted by Gasteiger charge is 2.43. The number of methoxy groups -OCH3 is 2. The minimum atomic E-state index is -0.947. The van der Waals surface area contributed by atoms with Gasteiger partial charge < -0.3 is 9.47 Å². The molecule has 1 aliphatic heterocycles. The molecule has 2 atom stereocenters. The van der Waals surface area contributed by atoms with Crippen molar-refractivity contribution in [1.82, 2.24) is 0 Å². The normalized spacial score (nSPS) is 19.5. The van der Waals surface area contributed by atoms with Gasteiger partial charge in [0.25, 0.3) is 0 Å². The van der Waals surface area contributed by atoms with Crippen LogP contribution in [-0.2, 0) is 23.9 Å². The molecular formula is C18H16N2O5. The fourth-order valence-electron chi connectivity index (χ4n) is 2.96. The van der Waals surface area contributed by atoms with Crippen LogP contribution in [0.3, 0.4) is 0 Å². The zero-order valence-corrected chi connectivity index (χ0v) is 14.0. The lowest BCUT2D eigenvalue weighted by atomic mass is 9.74. The van der Waals surface area contributed by atoms with Gasteiger partial charge in [0, 0.05) is 11.6 Å². The number of nitriles is 1. The number of aldehydes is 1. The van der Waals surface area contributed by atoms with Gasteiger partial charge in [0.15, 0.2) is 6.29 Å². The summed E-state index contributed by atoms with van der Waals surface area (Å²) in [6.07, 6.45) is 0.436. The number of ether oxygens (including phenoxy) is 2. The van der Waals surface area contributed by atoms with E-state index in [9.17, 15) is 19.6 Å². The number of aliphatic imine (C=N–C) groups is 1. The van der Waals surface area contributed by atoms with Crippen LogP contribution in [0.1, 0.15) is 24.0 Å². The van der Waals surface area contributed by atoms with E-state index in [0.717, 1.165) is 0 Å². The fraction of sp³-hybridized carbons (Fsp3) is 0.278. The van der Waals surface area contributed by atoms with E-state index < -0.39 is 23.8 Å². The Morgan fingerprint density at radius 3 is 2.48 bits per heavy atom. The molecule has 0 radical (unpaired) electrons. The van der Waals surface area contributed by atoms with Gasteiger partial charge in [-0.25, -0.2) is 4.79 Å². The first kappa shape index (κ1) is 18.1. The van der Waals surface area contributed by atoms with Crippen molar-refractivity contribution in [1.29, 1.82) is 5.26 Å². The summed E-state index contributed by atoms with van der Waals surface area (Å²) in [6, 6.07) is 8.59. The Labute approximate surface area is 144 Å². The van der Waals surface area contributed by atoms with Gasteiger partial charge in [-0.2, -0.15) is 5.26 Å². The molecule has 7 heteroatoms. The van der Waals surface area contributed by atoms with Crippen LogP contribution in [0.25, 0.3) is 0 Å². The molecule has 25 heavy (non-hydrogen) atoms. The molecule has 0 aromatic heterocycles. The van der Waals surface area contributed by atoms with Gasteiger partial charge in [0.1, 0.15) is 11.6 Å². The van der Waals surface area contributed by atoms with Crippen molar-refractivity contribution >= 4 is 23.9 Å². The van der Waals surface area contributed by atoms with Crippen LogP contribution >= 0.6 is 0 Å². The van der Waals surface area contributed by atoms with Crippen LogP contribution in [0.4, 0.5) is 0 Å². The molecule has 0 fully saturated rings. The molecular weight excluding hydrogens is 324 g/mol. The second-order valence-corrected chi connectivity index (χ2v) is 5.34. The summed E-state index contributed by atoms with van der Waals surface area (Å²) in [6.45, 7) is 1.57. The maximum atomic E-state index is 12.4. The van der Waals surface area contributed by atoms with Crippen LogP contribution < -0.4 is 0 Å². The maximum Gasteiger partial charge on any atom is 0.336 e. The van der Waals surface area contributed by atoms with E-state index in [1.807, 2.05) is 6.07 Å². The summed E-state index contributed by atoms with van der Waals surface area (Å²) in [5.41, 5.74) is 0.833. The molecule has 128 valence electrons. The fourth-order valence-corrected chi connectivity index (χ4v) is 2.96. The van der Waals surface area contributed by atoms with Crippen molar-refractivity contribution in [2.45, 2.75) is 12.8 Å². The first-order valence-corrected chi connectivity index (χ1v) is 7.39. The topological polar surface area (TPSA) is 106 Å². The number of rotatable bonds is 4. The number of esters is 2. The zero-order chi connectivity index (χ0) is 18.6. The number of nitrogens with zero attached hydrogens (tertiary/aromatic N) is 2. The van der Waals surface area contributed by atoms with E-state index in [0.29, 0.717) is 17.6 Å². The molecule has 0 spiro atoms. The second kappa shape index (κ2) is 7.53. The minimum absolute atomic E-state index is 0.0683. The summed E-state index contributed by atoms with van der Waals surface area (Å²) in [7, 11) is 2.39. The maximum absolute atomic E-state index is 12.4. The van der Waals surface area contributed by atoms with Crippen molar-refractivity contribution in [3.8, 4) is 6.07 Å². The molecule has 0 aliphatic carbocycles. The van der Waals surface area contributed by atoms with Crippen LogP contribution in [-0.4, -0.2) is 38.2 Å². The lowest BCUT2D eigenvalue weighted by molar-refractivity contribution is -0.143. The van der Waals surface area contributed by atoms with Crippen LogP contribution in [0.2, 0.25) is 0 Å². The number of carbonyl (C=O) groups is 3. The first-order valence-electron chi connectivity index (χ1n) is 7.39. The van der Waals surface area contributed by atoms with Gasteiger partial charge in [0.05, 0.1) is 31.4 Å². The third kappa shape index (κ3) is 3.19. The van der Waals surface area contributed by atoms with Crippen molar-refractivity contribution < 1.29 is 23.9 Å². The Morgan fingerprint density at radius 2 is 1.92 bits per heavy atom. The van der Waals surface area contributed by atoms with Crippen molar-refractivity contribution in [3.05, 3.63) is 46.7 Å². The highest BCUT2D eigenvalue weighted by atomic mass is 16.5. The van der Waals surface area contributed by atoms with Gasteiger partial charge in [-0.15, -0.1) is 0 Å². The van der Waals surface area contributed by atoms with Gasteiger partial charge in [-0.3, -0.25) is 14.6 Å². The van der Waals surface area contributed by atoms with Crippen molar-refractivity contribution in [2.24, 2.45) is 10.9 Å². The number of benzene rings is 1. The minimum Gasteiger partial charge on any atom is -0.468 e. The van der Waals surface area contributed by atoms with Gasteiger partial charge >= 0.3 is 11.9 Å². The Bertz CT molecular complexity index is 832. The first-order chi connectivity index (χ1) is 12.0. The average molecular weight is 340 g/mol. The highest BCUT2D eigenvalue weighted by molar-refractivity contribution is 6.09. The van der Waals surface area contributed by atoms with Crippen LogP contribution in [0.5, 0.6) is 0 Å². The van der Waals surface area contributed by atoms with E-state index in [1.54, 1.807) is 31.2 Å². The number of allylic oxidation sites excluding steroid dienone is 1. The standard InChI is InChI=1S/C18H16N2O5/c1-10-14(17(22)24-2)15(12-7-5-4-6-11(12)8-19)16(18(23)25-3)13(9-21)20-10/h4-7,9,14-15H,1-3H3. The van der Waals surface area contributed by atoms with E-state index in [1.165, 1.54) is 14.2 Å². The van der Waals surface area contributed by atoms with E-state index >= 15 is 0 Å². The summed E-state index contributed by atoms with van der Waals surface area (Å²) in [4.78, 5) is 40.2. The molecule has 1 aromatic rings. The molecule has 0 saturated carbocycles. The monoisotopic (exact) mass is 340 g/mol. The zero-order valence-electron chi connectivity index (χ0n) is 14.0. The SMILES string of the molecule is COC(=O)C1=C(C=O)N=C(C)C(C(=O)OC)C1c1ccccc1C#N. The second-order valence-electron chi connectivity index (χ2n) is 5.34. The Morgan fingerprint density at radius 1 is 1.24 bits per heavy atom.